The van der Waals surface area contributed by atoms with Gasteiger partial charge in [0.15, 0.2) is 17.3 Å². The second-order valence-corrected chi connectivity index (χ2v) is 6.63. The zero-order chi connectivity index (χ0) is 21.0. The Morgan fingerprint density at radius 2 is 1.86 bits per heavy atom. The standard InChI is InChI=1S/C22H23FO5/c1-12(2)28-21-14(4)20(22(25)26)13(3)10-16(21)6-8-18(24)15-7-9-19(27-5)17(23)11-15/h6-12H,1-5H3,(H,25,26). The molecule has 0 fully saturated rings. The first-order valence-corrected chi connectivity index (χ1v) is 8.75. The smallest absolute Gasteiger partial charge is 0.336 e. The lowest BCUT2D eigenvalue weighted by Gasteiger charge is -2.18. The highest BCUT2D eigenvalue weighted by atomic mass is 19.1. The maximum Gasteiger partial charge on any atom is 0.336 e. The lowest BCUT2D eigenvalue weighted by molar-refractivity contribution is 0.0694. The largest absolute Gasteiger partial charge is 0.494 e. The summed E-state index contributed by atoms with van der Waals surface area (Å²) >= 11 is 0. The predicted octanol–water partition coefficient (Wildman–Crippen LogP) is 4.83. The molecule has 0 saturated carbocycles. The van der Waals surface area contributed by atoms with E-state index in [0.717, 1.165) is 6.07 Å². The van der Waals surface area contributed by atoms with Crippen molar-refractivity contribution in [2.24, 2.45) is 0 Å². The summed E-state index contributed by atoms with van der Waals surface area (Å²) in [6.45, 7) is 7.02. The quantitative estimate of drug-likeness (QED) is 0.545. The van der Waals surface area contributed by atoms with E-state index < -0.39 is 17.6 Å². The Hall–Kier alpha value is -3.15. The van der Waals surface area contributed by atoms with Gasteiger partial charge in [-0.1, -0.05) is 0 Å². The van der Waals surface area contributed by atoms with Crippen LogP contribution in [-0.4, -0.2) is 30.1 Å². The second-order valence-electron chi connectivity index (χ2n) is 6.63. The number of allylic oxidation sites excluding steroid dienone is 1. The number of halogens is 1. The molecule has 0 aliphatic rings. The Balaban J connectivity index is 2.45. The third kappa shape index (κ3) is 4.57. The molecule has 0 aliphatic heterocycles. The normalized spacial score (nSPS) is 11.1. The fourth-order valence-corrected chi connectivity index (χ4v) is 2.92. The number of hydrogen-bond donors (Lipinski definition) is 1. The van der Waals surface area contributed by atoms with E-state index >= 15 is 0 Å². The van der Waals surface area contributed by atoms with Crippen LogP contribution in [0, 0.1) is 19.7 Å². The molecule has 1 N–H and O–H groups in total. The van der Waals surface area contributed by atoms with Crippen LogP contribution in [0.3, 0.4) is 0 Å². The molecule has 0 aromatic heterocycles. The summed E-state index contributed by atoms with van der Waals surface area (Å²) in [6.07, 6.45) is 2.68. The van der Waals surface area contributed by atoms with Crippen molar-refractivity contribution in [3.8, 4) is 11.5 Å². The molecule has 5 nitrogen and oxygen atoms in total. The highest BCUT2D eigenvalue weighted by Gasteiger charge is 2.19. The van der Waals surface area contributed by atoms with Crippen LogP contribution in [-0.2, 0) is 0 Å². The van der Waals surface area contributed by atoms with Gasteiger partial charge in [0.2, 0.25) is 0 Å². The highest BCUT2D eigenvalue weighted by molar-refractivity contribution is 6.07. The molecule has 0 heterocycles. The average Bonchev–Trinajstić information content (AvgIpc) is 2.61. The van der Waals surface area contributed by atoms with Gasteiger partial charge in [-0.25, -0.2) is 9.18 Å². The molecule has 0 unspecified atom stereocenters. The van der Waals surface area contributed by atoms with Crippen LogP contribution in [0.1, 0.15) is 51.3 Å². The van der Waals surface area contributed by atoms with E-state index in [1.54, 1.807) is 26.0 Å². The van der Waals surface area contributed by atoms with Crippen LogP contribution in [0.25, 0.3) is 6.08 Å². The number of aryl methyl sites for hydroxylation is 1. The molecule has 0 aliphatic carbocycles. The second kappa shape index (κ2) is 8.69. The first kappa shape index (κ1) is 21.2. The average molecular weight is 386 g/mol. The molecule has 0 spiro atoms. The van der Waals surface area contributed by atoms with E-state index in [-0.39, 0.29) is 23.0 Å². The molecular weight excluding hydrogens is 363 g/mol. The zero-order valence-corrected chi connectivity index (χ0v) is 16.5. The zero-order valence-electron chi connectivity index (χ0n) is 16.5. The molecule has 2 rings (SSSR count). The number of carbonyl (C=O) groups is 2. The maximum atomic E-state index is 13.8. The van der Waals surface area contributed by atoms with E-state index in [1.165, 1.54) is 25.3 Å². The van der Waals surface area contributed by atoms with Gasteiger partial charge >= 0.3 is 5.97 Å². The van der Waals surface area contributed by atoms with Crippen molar-refractivity contribution in [2.45, 2.75) is 33.8 Å². The summed E-state index contributed by atoms with van der Waals surface area (Å²) in [5.41, 5.74) is 1.98. The van der Waals surface area contributed by atoms with E-state index in [1.807, 2.05) is 13.8 Å². The van der Waals surface area contributed by atoms with Crippen molar-refractivity contribution < 1.29 is 28.6 Å². The van der Waals surface area contributed by atoms with Gasteiger partial charge in [0.25, 0.3) is 0 Å². The van der Waals surface area contributed by atoms with Crippen molar-refractivity contribution in [2.75, 3.05) is 7.11 Å². The number of rotatable bonds is 7. The van der Waals surface area contributed by atoms with Crippen LogP contribution in [0.15, 0.2) is 30.3 Å². The minimum Gasteiger partial charge on any atom is -0.494 e. The van der Waals surface area contributed by atoms with E-state index in [2.05, 4.69) is 0 Å². The molecule has 0 saturated heterocycles. The number of carboxylic acid groups (broad SMARTS) is 1. The number of carbonyl (C=O) groups excluding carboxylic acids is 1. The molecule has 28 heavy (non-hydrogen) atoms. The number of hydrogen-bond acceptors (Lipinski definition) is 4. The highest BCUT2D eigenvalue weighted by Crippen LogP contribution is 2.32. The number of aromatic carboxylic acids is 1. The molecule has 0 bridgehead atoms. The van der Waals surface area contributed by atoms with Crippen LogP contribution in [0.2, 0.25) is 0 Å². The Kier molecular flexibility index (Phi) is 6.57. The van der Waals surface area contributed by atoms with Crippen molar-refractivity contribution >= 4 is 17.8 Å². The summed E-state index contributed by atoms with van der Waals surface area (Å²) in [4.78, 5) is 24.0. The molecule has 0 radical (unpaired) electrons. The Morgan fingerprint density at radius 3 is 2.39 bits per heavy atom. The molecule has 0 amide bonds. The topological polar surface area (TPSA) is 72.8 Å². The summed E-state index contributed by atoms with van der Waals surface area (Å²) < 4.78 is 24.5. The van der Waals surface area contributed by atoms with Gasteiger partial charge in [0, 0.05) is 16.7 Å². The van der Waals surface area contributed by atoms with E-state index in [4.69, 9.17) is 9.47 Å². The lowest BCUT2D eigenvalue weighted by Crippen LogP contribution is -2.12. The van der Waals surface area contributed by atoms with Gasteiger partial charge in [-0.15, -0.1) is 0 Å². The van der Waals surface area contributed by atoms with Crippen LogP contribution in [0.4, 0.5) is 4.39 Å². The lowest BCUT2D eigenvalue weighted by atomic mass is 9.97. The molecule has 148 valence electrons. The molecule has 2 aromatic rings. The summed E-state index contributed by atoms with van der Waals surface area (Å²) in [6, 6.07) is 5.64. The van der Waals surface area contributed by atoms with Crippen molar-refractivity contribution in [3.63, 3.8) is 0 Å². The molecule has 0 atom stereocenters. The number of carboxylic acids is 1. The Morgan fingerprint density at radius 1 is 1.18 bits per heavy atom. The molecule has 2 aromatic carbocycles. The monoisotopic (exact) mass is 386 g/mol. The summed E-state index contributed by atoms with van der Waals surface area (Å²) in [5.74, 6) is -1.59. The molecule has 6 heteroatoms. The minimum atomic E-state index is -1.04. The van der Waals surface area contributed by atoms with Gasteiger partial charge in [0.05, 0.1) is 18.8 Å². The van der Waals surface area contributed by atoms with Gasteiger partial charge in [-0.05, 0) is 69.7 Å². The van der Waals surface area contributed by atoms with Crippen LogP contribution >= 0.6 is 0 Å². The third-order valence-corrected chi connectivity index (χ3v) is 4.16. The van der Waals surface area contributed by atoms with Crippen molar-refractivity contribution in [3.05, 3.63) is 64.0 Å². The van der Waals surface area contributed by atoms with Gasteiger partial charge in [0.1, 0.15) is 5.75 Å². The SMILES string of the molecule is COc1ccc(C(=O)C=Cc2cc(C)c(C(=O)O)c(C)c2OC(C)C)cc1F. The summed E-state index contributed by atoms with van der Waals surface area (Å²) in [7, 11) is 1.35. The van der Waals surface area contributed by atoms with Crippen molar-refractivity contribution in [1.29, 1.82) is 0 Å². The Labute approximate surface area is 163 Å². The molecular formula is C22H23FO5. The Bertz CT molecular complexity index is 944. The fourth-order valence-electron chi connectivity index (χ4n) is 2.92. The number of methoxy groups -OCH3 is 1. The van der Waals surface area contributed by atoms with Crippen LogP contribution in [0.5, 0.6) is 11.5 Å². The number of benzene rings is 2. The maximum absolute atomic E-state index is 13.8. The van der Waals surface area contributed by atoms with Gasteiger partial charge < -0.3 is 14.6 Å². The predicted molar refractivity (Wildman–Crippen MR) is 105 cm³/mol. The van der Waals surface area contributed by atoms with Gasteiger partial charge in [-0.2, -0.15) is 0 Å². The number of ether oxygens (including phenoxy) is 2. The van der Waals surface area contributed by atoms with Crippen molar-refractivity contribution in [1.82, 2.24) is 0 Å². The first-order chi connectivity index (χ1) is 13.1. The summed E-state index contributed by atoms with van der Waals surface area (Å²) in [5, 5.41) is 9.46. The fraction of sp³-hybridized carbons (Fsp3) is 0.273. The minimum absolute atomic E-state index is 0.0589. The van der Waals surface area contributed by atoms with E-state index in [0.29, 0.717) is 22.4 Å². The number of ketones is 1. The van der Waals surface area contributed by atoms with Crippen LogP contribution < -0.4 is 9.47 Å². The third-order valence-electron chi connectivity index (χ3n) is 4.16. The van der Waals surface area contributed by atoms with Gasteiger partial charge in [-0.3, -0.25) is 4.79 Å². The van der Waals surface area contributed by atoms with E-state index in [9.17, 15) is 19.1 Å². The first-order valence-electron chi connectivity index (χ1n) is 8.75.